The number of aromatic amines is 1. The average Bonchev–Trinajstić information content (AvgIpc) is 3.04. The number of H-pyrrole nitrogens is 1. The van der Waals surface area contributed by atoms with Crippen molar-refractivity contribution in [2.75, 3.05) is 13.1 Å². The first-order chi connectivity index (χ1) is 13.9. The Morgan fingerprint density at radius 1 is 1.17 bits per heavy atom. The number of imidazole rings is 1. The summed E-state index contributed by atoms with van der Waals surface area (Å²) in [6.45, 7) is 4.99. The monoisotopic (exact) mass is 413 g/mol. The van der Waals surface area contributed by atoms with Gasteiger partial charge in [-0.3, -0.25) is 9.36 Å². The highest BCUT2D eigenvalue weighted by Crippen LogP contribution is 2.29. The summed E-state index contributed by atoms with van der Waals surface area (Å²) < 4.78 is 7.62. The Morgan fingerprint density at radius 2 is 1.90 bits per heavy atom. The Kier molecular flexibility index (Phi) is 5.37. The highest BCUT2D eigenvalue weighted by atomic mass is 35.5. The van der Waals surface area contributed by atoms with E-state index in [1.54, 1.807) is 18.2 Å². The zero-order chi connectivity index (χ0) is 20.5. The fourth-order valence-corrected chi connectivity index (χ4v) is 4.13. The van der Waals surface area contributed by atoms with Gasteiger partial charge in [0.2, 0.25) is 0 Å². The van der Waals surface area contributed by atoms with E-state index in [1.165, 1.54) is 0 Å². The summed E-state index contributed by atoms with van der Waals surface area (Å²) in [5.41, 5.74) is 2.13. The summed E-state index contributed by atoms with van der Waals surface area (Å²) >= 11 is 6.13. The number of nitrogens with zero attached hydrogens (tertiary/aromatic N) is 2. The minimum atomic E-state index is -0.0987. The lowest BCUT2D eigenvalue weighted by Crippen LogP contribution is -2.40. The molecule has 1 fully saturated rings. The van der Waals surface area contributed by atoms with E-state index in [0.717, 1.165) is 11.0 Å². The summed E-state index contributed by atoms with van der Waals surface area (Å²) in [6.07, 6.45) is 1.39. The van der Waals surface area contributed by atoms with E-state index in [4.69, 9.17) is 16.3 Å². The van der Waals surface area contributed by atoms with Crippen molar-refractivity contribution in [1.82, 2.24) is 14.5 Å². The first kappa shape index (κ1) is 19.6. The number of fused-ring (bicyclic) bond motifs is 1. The molecule has 4 rings (SSSR count). The number of benzene rings is 2. The Bertz CT molecular complexity index is 1090. The van der Waals surface area contributed by atoms with Gasteiger partial charge < -0.3 is 14.6 Å². The van der Waals surface area contributed by atoms with Crippen LogP contribution in [0.1, 0.15) is 43.1 Å². The molecule has 1 aromatic heterocycles. The maximum absolute atomic E-state index is 13.1. The van der Waals surface area contributed by atoms with Crippen LogP contribution >= 0.6 is 11.6 Å². The van der Waals surface area contributed by atoms with Crippen LogP contribution in [0.5, 0.6) is 5.75 Å². The van der Waals surface area contributed by atoms with Crippen LogP contribution in [0.15, 0.2) is 47.3 Å². The number of aromatic nitrogens is 2. The van der Waals surface area contributed by atoms with Crippen molar-refractivity contribution in [3.63, 3.8) is 0 Å². The van der Waals surface area contributed by atoms with E-state index in [0.29, 0.717) is 42.3 Å². The van der Waals surface area contributed by atoms with Crippen molar-refractivity contribution in [3.05, 3.63) is 63.5 Å². The number of hydrogen-bond acceptors (Lipinski definition) is 3. The van der Waals surface area contributed by atoms with Gasteiger partial charge in [-0.1, -0.05) is 23.7 Å². The number of carbonyl (C=O) groups excluding carboxylic acids is 1. The molecule has 1 N–H and O–H groups in total. The molecule has 152 valence electrons. The molecule has 1 aliphatic rings. The Hall–Kier alpha value is -2.73. The van der Waals surface area contributed by atoms with Crippen LogP contribution in [0.2, 0.25) is 5.02 Å². The minimum absolute atomic E-state index is 0.0396. The van der Waals surface area contributed by atoms with Gasteiger partial charge in [-0.05, 0) is 57.0 Å². The number of nitrogens with one attached hydrogen (secondary N) is 1. The normalized spacial score (nSPS) is 15.2. The van der Waals surface area contributed by atoms with Gasteiger partial charge in [-0.25, -0.2) is 4.79 Å². The standard InChI is InChI=1S/C22H24ClN3O3/c1-14(2)29-20-8-7-15(23)13-17(20)21(27)25-11-9-16(10-12-25)26-19-6-4-3-5-18(19)24-22(26)28/h3-8,13-14,16H,9-12H2,1-2H3,(H,24,28). The summed E-state index contributed by atoms with van der Waals surface area (Å²) in [7, 11) is 0. The van der Waals surface area contributed by atoms with Crippen LogP contribution < -0.4 is 10.4 Å². The van der Waals surface area contributed by atoms with Gasteiger partial charge in [-0.2, -0.15) is 0 Å². The van der Waals surface area contributed by atoms with Crippen LogP contribution in [0.25, 0.3) is 11.0 Å². The molecule has 2 aromatic carbocycles. The van der Waals surface area contributed by atoms with Gasteiger partial charge in [0.1, 0.15) is 5.75 Å². The summed E-state index contributed by atoms with van der Waals surface area (Å²) in [6, 6.07) is 12.9. The molecule has 1 saturated heterocycles. The van der Waals surface area contributed by atoms with Crippen molar-refractivity contribution < 1.29 is 9.53 Å². The molecule has 1 amide bonds. The van der Waals surface area contributed by atoms with Crippen LogP contribution in [0.4, 0.5) is 0 Å². The molecular weight excluding hydrogens is 390 g/mol. The predicted octanol–water partition coefficient (Wildman–Crippen LogP) is 4.25. The van der Waals surface area contributed by atoms with Crippen LogP contribution in [0, 0.1) is 0 Å². The molecular formula is C22H24ClN3O3. The second kappa shape index (κ2) is 7.95. The highest BCUT2D eigenvalue weighted by molar-refractivity contribution is 6.31. The van der Waals surface area contributed by atoms with Crippen molar-refractivity contribution in [1.29, 1.82) is 0 Å². The van der Waals surface area contributed by atoms with E-state index in [-0.39, 0.29) is 23.7 Å². The number of para-hydroxylation sites is 2. The quantitative estimate of drug-likeness (QED) is 0.695. The van der Waals surface area contributed by atoms with E-state index < -0.39 is 0 Å². The predicted molar refractivity (Wildman–Crippen MR) is 114 cm³/mol. The van der Waals surface area contributed by atoms with Crippen LogP contribution in [-0.4, -0.2) is 39.6 Å². The number of ether oxygens (including phenoxy) is 1. The maximum atomic E-state index is 13.1. The molecule has 0 radical (unpaired) electrons. The van der Waals surface area contributed by atoms with Crippen molar-refractivity contribution in [2.45, 2.75) is 38.8 Å². The van der Waals surface area contributed by atoms with Gasteiger partial charge in [0, 0.05) is 24.2 Å². The summed E-state index contributed by atoms with van der Waals surface area (Å²) in [5, 5.41) is 0.504. The summed E-state index contributed by atoms with van der Waals surface area (Å²) in [4.78, 5) is 30.3. The van der Waals surface area contributed by atoms with Gasteiger partial charge in [0.25, 0.3) is 5.91 Å². The molecule has 0 unspecified atom stereocenters. The van der Waals surface area contributed by atoms with E-state index >= 15 is 0 Å². The van der Waals surface area contributed by atoms with Crippen molar-refractivity contribution in [2.24, 2.45) is 0 Å². The third-order valence-electron chi connectivity index (χ3n) is 5.28. The molecule has 0 bridgehead atoms. The number of amides is 1. The molecule has 6 nitrogen and oxygen atoms in total. The lowest BCUT2D eigenvalue weighted by atomic mass is 10.0. The van der Waals surface area contributed by atoms with Gasteiger partial charge in [-0.15, -0.1) is 0 Å². The number of rotatable bonds is 4. The van der Waals surface area contributed by atoms with Crippen molar-refractivity contribution >= 4 is 28.5 Å². The molecule has 0 saturated carbocycles. The number of hydrogen-bond donors (Lipinski definition) is 1. The van der Waals surface area contributed by atoms with Crippen LogP contribution in [0.3, 0.4) is 0 Å². The lowest BCUT2D eigenvalue weighted by molar-refractivity contribution is 0.0689. The van der Waals surface area contributed by atoms with E-state index in [9.17, 15) is 9.59 Å². The Balaban J connectivity index is 1.53. The van der Waals surface area contributed by atoms with E-state index in [2.05, 4.69) is 4.98 Å². The first-order valence-corrected chi connectivity index (χ1v) is 10.3. The molecule has 2 heterocycles. The van der Waals surface area contributed by atoms with Crippen LogP contribution in [-0.2, 0) is 0 Å². The second-order valence-electron chi connectivity index (χ2n) is 7.65. The lowest BCUT2D eigenvalue weighted by Gasteiger charge is -2.33. The zero-order valence-corrected chi connectivity index (χ0v) is 17.3. The third kappa shape index (κ3) is 3.90. The first-order valence-electron chi connectivity index (χ1n) is 9.89. The Labute approximate surface area is 174 Å². The minimum Gasteiger partial charge on any atom is -0.490 e. The molecule has 3 aromatic rings. The number of halogens is 1. The van der Waals surface area contributed by atoms with Gasteiger partial charge in [0.05, 0.1) is 22.7 Å². The number of carbonyl (C=O) groups is 1. The smallest absolute Gasteiger partial charge is 0.326 e. The topological polar surface area (TPSA) is 67.3 Å². The fourth-order valence-electron chi connectivity index (χ4n) is 3.96. The van der Waals surface area contributed by atoms with Crippen molar-refractivity contribution in [3.8, 4) is 5.75 Å². The molecule has 29 heavy (non-hydrogen) atoms. The van der Waals surface area contributed by atoms with Gasteiger partial charge in [0.15, 0.2) is 0 Å². The highest BCUT2D eigenvalue weighted by Gasteiger charge is 2.28. The average molecular weight is 414 g/mol. The number of likely N-dealkylation sites (tertiary alicyclic amines) is 1. The van der Waals surface area contributed by atoms with Gasteiger partial charge >= 0.3 is 5.69 Å². The molecule has 0 atom stereocenters. The molecule has 1 aliphatic heterocycles. The SMILES string of the molecule is CC(C)Oc1ccc(Cl)cc1C(=O)N1CCC(n2c(=O)[nH]c3ccccc32)CC1. The molecule has 0 spiro atoms. The Morgan fingerprint density at radius 3 is 2.62 bits per heavy atom. The maximum Gasteiger partial charge on any atom is 0.326 e. The fraction of sp³-hybridized carbons (Fsp3) is 0.364. The van der Waals surface area contributed by atoms with E-state index in [1.807, 2.05) is 47.6 Å². The summed E-state index contributed by atoms with van der Waals surface area (Å²) in [5.74, 6) is 0.456. The second-order valence-corrected chi connectivity index (χ2v) is 8.08. The zero-order valence-electron chi connectivity index (χ0n) is 16.5. The number of piperidine rings is 1. The molecule has 0 aliphatic carbocycles. The largest absolute Gasteiger partial charge is 0.490 e. The third-order valence-corrected chi connectivity index (χ3v) is 5.51. The molecule has 7 heteroatoms.